The number of thiophene rings is 1. The fraction of sp³-hybridized carbons (Fsp3) is 0.182. The Morgan fingerprint density at radius 2 is 1.66 bits per heavy atom. The lowest BCUT2D eigenvalue weighted by Crippen LogP contribution is -2.29. The SMILES string of the molecule is COc1ccc(C(C)N(C)C(=O)c2ccc(NC(=O)Nc3ccccc3)s2)cc1. The number of nitrogens with zero attached hydrogens (tertiary/aromatic N) is 1. The van der Waals surface area contributed by atoms with Gasteiger partial charge in [0.15, 0.2) is 0 Å². The predicted molar refractivity (Wildman–Crippen MR) is 117 cm³/mol. The average Bonchev–Trinajstić information content (AvgIpc) is 3.21. The molecule has 0 bridgehead atoms. The molecule has 0 aliphatic heterocycles. The number of amides is 3. The number of rotatable bonds is 6. The molecular formula is C22H23N3O3S. The molecule has 1 atom stereocenters. The van der Waals surface area contributed by atoms with Gasteiger partial charge in [0.2, 0.25) is 0 Å². The van der Waals surface area contributed by atoms with Crippen LogP contribution in [0.4, 0.5) is 15.5 Å². The van der Waals surface area contributed by atoms with E-state index in [0.717, 1.165) is 11.3 Å². The number of hydrogen-bond acceptors (Lipinski definition) is 4. The first-order chi connectivity index (χ1) is 14.0. The molecule has 0 saturated carbocycles. The quantitative estimate of drug-likeness (QED) is 0.585. The molecule has 150 valence electrons. The Labute approximate surface area is 174 Å². The molecular weight excluding hydrogens is 386 g/mol. The second-order valence-electron chi connectivity index (χ2n) is 6.47. The molecule has 7 heteroatoms. The summed E-state index contributed by atoms with van der Waals surface area (Å²) in [5, 5.41) is 6.12. The Morgan fingerprint density at radius 3 is 2.31 bits per heavy atom. The van der Waals surface area contributed by atoms with E-state index in [1.54, 1.807) is 43.3 Å². The van der Waals surface area contributed by atoms with Gasteiger partial charge in [0, 0.05) is 12.7 Å². The molecule has 6 nitrogen and oxygen atoms in total. The van der Waals surface area contributed by atoms with E-state index in [2.05, 4.69) is 10.6 Å². The van der Waals surface area contributed by atoms with Gasteiger partial charge in [0.05, 0.1) is 23.0 Å². The Bertz CT molecular complexity index is 970. The van der Waals surface area contributed by atoms with Gasteiger partial charge in [0.25, 0.3) is 5.91 Å². The van der Waals surface area contributed by atoms with Crippen LogP contribution in [0.3, 0.4) is 0 Å². The predicted octanol–water partition coefficient (Wildman–Crippen LogP) is 5.23. The van der Waals surface area contributed by atoms with Gasteiger partial charge in [-0.3, -0.25) is 10.1 Å². The van der Waals surface area contributed by atoms with E-state index in [0.29, 0.717) is 15.6 Å². The molecule has 3 rings (SSSR count). The van der Waals surface area contributed by atoms with E-state index < -0.39 is 0 Å². The third-order valence-electron chi connectivity index (χ3n) is 4.58. The Morgan fingerprint density at radius 1 is 0.966 bits per heavy atom. The monoisotopic (exact) mass is 409 g/mol. The number of benzene rings is 2. The van der Waals surface area contributed by atoms with Gasteiger partial charge < -0.3 is 15.0 Å². The minimum Gasteiger partial charge on any atom is -0.497 e. The number of carbonyl (C=O) groups excluding carboxylic acids is 2. The average molecular weight is 410 g/mol. The lowest BCUT2D eigenvalue weighted by molar-refractivity contribution is 0.0747. The molecule has 2 aromatic carbocycles. The number of carbonyl (C=O) groups is 2. The number of methoxy groups -OCH3 is 1. The van der Waals surface area contributed by atoms with Crippen LogP contribution in [0, 0.1) is 0 Å². The van der Waals surface area contributed by atoms with Gasteiger partial charge in [-0.25, -0.2) is 4.79 Å². The van der Waals surface area contributed by atoms with E-state index in [-0.39, 0.29) is 18.0 Å². The molecule has 0 saturated heterocycles. The van der Waals surface area contributed by atoms with Crippen LogP contribution in [0.15, 0.2) is 66.7 Å². The van der Waals surface area contributed by atoms with Crippen LogP contribution < -0.4 is 15.4 Å². The summed E-state index contributed by atoms with van der Waals surface area (Å²) in [4.78, 5) is 27.2. The number of urea groups is 1. The van der Waals surface area contributed by atoms with Crippen LogP contribution in [0.1, 0.15) is 28.2 Å². The lowest BCUT2D eigenvalue weighted by atomic mass is 10.1. The van der Waals surface area contributed by atoms with Gasteiger partial charge in [-0.15, -0.1) is 11.3 Å². The molecule has 29 heavy (non-hydrogen) atoms. The van der Waals surface area contributed by atoms with E-state index >= 15 is 0 Å². The molecule has 0 aliphatic rings. The molecule has 2 N–H and O–H groups in total. The molecule has 1 heterocycles. The van der Waals surface area contributed by atoms with E-state index in [1.165, 1.54) is 11.3 Å². The highest BCUT2D eigenvalue weighted by atomic mass is 32.1. The fourth-order valence-electron chi connectivity index (χ4n) is 2.77. The summed E-state index contributed by atoms with van der Waals surface area (Å²) in [5.74, 6) is 0.674. The Balaban J connectivity index is 1.62. The van der Waals surface area contributed by atoms with Crippen molar-refractivity contribution in [2.75, 3.05) is 24.8 Å². The van der Waals surface area contributed by atoms with Crippen molar-refractivity contribution in [3.8, 4) is 5.75 Å². The molecule has 0 radical (unpaired) electrons. The topological polar surface area (TPSA) is 70.7 Å². The first-order valence-electron chi connectivity index (χ1n) is 9.12. The highest BCUT2D eigenvalue weighted by Crippen LogP contribution is 2.27. The van der Waals surface area contributed by atoms with E-state index in [4.69, 9.17) is 4.74 Å². The van der Waals surface area contributed by atoms with Gasteiger partial charge in [-0.05, 0) is 48.9 Å². The van der Waals surface area contributed by atoms with Crippen molar-refractivity contribution in [1.29, 1.82) is 0 Å². The van der Waals surface area contributed by atoms with Gasteiger partial charge >= 0.3 is 6.03 Å². The Kier molecular flexibility index (Phi) is 6.51. The van der Waals surface area contributed by atoms with Crippen molar-refractivity contribution < 1.29 is 14.3 Å². The number of nitrogens with one attached hydrogen (secondary N) is 2. The molecule has 1 aromatic heterocycles. The van der Waals surface area contributed by atoms with Gasteiger partial charge in [-0.1, -0.05) is 30.3 Å². The molecule has 0 aliphatic carbocycles. The highest BCUT2D eigenvalue weighted by Gasteiger charge is 2.21. The number of anilines is 2. The number of para-hydroxylation sites is 1. The summed E-state index contributed by atoms with van der Waals surface area (Å²) >= 11 is 1.24. The van der Waals surface area contributed by atoms with Crippen LogP contribution in [0.2, 0.25) is 0 Å². The summed E-state index contributed by atoms with van der Waals surface area (Å²) < 4.78 is 5.18. The molecule has 0 fully saturated rings. The van der Waals surface area contributed by atoms with Crippen LogP contribution in [0.5, 0.6) is 5.75 Å². The third-order valence-corrected chi connectivity index (χ3v) is 5.57. The summed E-state index contributed by atoms with van der Waals surface area (Å²) in [5.41, 5.74) is 1.71. The van der Waals surface area contributed by atoms with Crippen LogP contribution in [0.25, 0.3) is 0 Å². The second kappa shape index (κ2) is 9.25. The van der Waals surface area contributed by atoms with E-state index in [1.807, 2.05) is 49.4 Å². The first-order valence-corrected chi connectivity index (χ1v) is 9.93. The minimum absolute atomic E-state index is 0.102. The van der Waals surface area contributed by atoms with Crippen molar-refractivity contribution in [1.82, 2.24) is 4.90 Å². The van der Waals surface area contributed by atoms with Gasteiger partial charge in [-0.2, -0.15) is 0 Å². The first kappa shape index (κ1) is 20.4. The zero-order chi connectivity index (χ0) is 20.8. The van der Waals surface area contributed by atoms with Crippen molar-refractivity contribution in [3.63, 3.8) is 0 Å². The van der Waals surface area contributed by atoms with E-state index in [9.17, 15) is 9.59 Å². The summed E-state index contributed by atoms with van der Waals surface area (Å²) in [7, 11) is 3.39. The van der Waals surface area contributed by atoms with Crippen molar-refractivity contribution in [3.05, 3.63) is 77.2 Å². The standard InChI is InChI=1S/C22H23N3O3S/c1-15(16-9-11-18(28-3)12-10-16)25(2)21(26)19-13-14-20(29-19)24-22(27)23-17-7-5-4-6-8-17/h4-15H,1-3H3,(H2,23,24,27). The molecule has 0 spiro atoms. The summed E-state index contributed by atoms with van der Waals surface area (Å²) in [6.07, 6.45) is 0. The van der Waals surface area contributed by atoms with Crippen molar-refractivity contribution in [2.24, 2.45) is 0 Å². The maximum atomic E-state index is 12.9. The fourth-order valence-corrected chi connectivity index (χ4v) is 3.66. The van der Waals surface area contributed by atoms with Crippen LogP contribution in [-0.4, -0.2) is 31.0 Å². The largest absolute Gasteiger partial charge is 0.497 e. The molecule has 3 aromatic rings. The summed E-state index contributed by atoms with van der Waals surface area (Å²) in [6, 6.07) is 19.8. The maximum Gasteiger partial charge on any atom is 0.324 e. The zero-order valence-electron chi connectivity index (χ0n) is 16.5. The Hall–Kier alpha value is -3.32. The third kappa shape index (κ3) is 5.14. The highest BCUT2D eigenvalue weighted by molar-refractivity contribution is 7.18. The van der Waals surface area contributed by atoms with Crippen molar-refractivity contribution >= 4 is 34.0 Å². The second-order valence-corrected chi connectivity index (χ2v) is 7.56. The lowest BCUT2D eigenvalue weighted by Gasteiger charge is -2.25. The number of hydrogen-bond donors (Lipinski definition) is 2. The van der Waals surface area contributed by atoms with Crippen LogP contribution in [-0.2, 0) is 0 Å². The zero-order valence-corrected chi connectivity index (χ0v) is 17.3. The normalized spacial score (nSPS) is 11.4. The maximum absolute atomic E-state index is 12.9. The summed E-state index contributed by atoms with van der Waals surface area (Å²) in [6.45, 7) is 1.97. The molecule has 1 unspecified atom stereocenters. The smallest absolute Gasteiger partial charge is 0.324 e. The van der Waals surface area contributed by atoms with Crippen molar-refractivity contribution in [2.45, 2.75) is 13.0 Å². The van der Waals surface area contributed by atoms with Gasteiger partial charge in [0.1, 0.15) is 5.75 Å². The number of ether oxygens (including phenoxy) is 1. The molecule has 3 amide bonds. The minimum atomic E-state index is -0.350. The van der Waals surface area contributed by atoms with Crippen LogP contribution >= 0.6 is 11.3 Å².